The normalized spacial score (nSPS) is 16.8. The van der Waals surface area contributed by atoms with Gasteiger partial charge in [0, 0.05) is 38.2 Å². The van der Waals surface area contributed by atoms with Gasteiger partial charge in [0.15, 0.2) is 0 Å². The number of hydrogen-bond donors (Lipinski definition) is 1. The molecule has 3 rings (SSSR count). The molecule has 1 amide bonds. The van der Waals surface area contributed by atoms with Crippen LogP contribution in [-0.4, -0.2) is 42.6 Å². The predicted octanol–water partition coefficient (Wildman–Crippen LogP) is 3.26. The number of unbranched alkanes of at least 4 members (excludes halogenated alkanes) is 2. The van der Waals surface area contributed by atoms with Crippen molar-refractivity contribution < 1.29 is 13.7 Å². The first-order valence-corrected chi connectivity index (χ1v) is 9.31. The number of nitrogens with one attached hydrogen (secondary N) is 1. The fourth-order valence-electron chi connectivity index (χ4n) is 3.33. The van der Waals surface area contributed by atoms with E-state index in [1.165, 1.54) is 12.1 Å². The molecule has 26 heavy (non-hydrogen) atoms. The number of amides is 1. The minimum absolute atomic E-state index is 0.149. The Morgan fingerprint density at radius 2 is 2.23 bits per heavy atom. The quantitative estimate of drug-likeness (QED) is 0.735. The van der Waals surface area contributed by atoms with E-state index in [0.29, 0.717) is 5.69 Å². The second-order valence-electron chi connectivity index (χ2n) is 6.95. The highest BCUT2D eigenvalue weighted by Gasteiger charge is 2.24. The van der Waals surface area contributed by atoms with Crippen molar-refractivity contribution >= 4 is 5.91 Å². The molecule has 1 N–H and O–H groups in total. The highest BCUT2D eigenvalue weighted by atomic mass is 19.1. The number of nitrogens with zero attached hydrogens (tertiary/aromatic N) is 2. The van der Waals surface area contributed by atoms with Crippen molar-refractivity contribution in [2.75, 3.05) is 26.7 Å². The number of halogens is 1. The lowest BCUT2D eigenvalue weighted by atomic mass is 10.1. The third-order valence-electron chi connectivity index (χ3n) is 4.88. The van der Waals surface area contributed by atoms with Crippen LogP contribution >= 0.6 is 0 Å². The Balaban J connectivity index is 1.37. The van der Waals surface area contributed by atoms with Crippen LogP contribution in [0.15, 0.2) is 34.9 Å². The van der Waals surface area contributed by atoms with Crippen molar-refractivity contribution in [3.05, 3.63) is 41.9 Å². The van der Waals surface area contributed by atoms with Crippen molar-refractivity contribution in [3.63, 3.8) is 0 Å². The zero-order chi connectivity index (χ0) is 18.4. The molecule has 0 aliphatic carbocycles. The maximum Gasteiger partial charge on any atom is 0.226 e. The van der Waals surface area contributed by atoms with Gasteiger partial charge in [-0.15, -0.1) is 0 Å². The minimum Gasteiger partial charge on any atom is -0.361 e. The lowest BCUT2D eigenvalue weighted by Gasteiger charge is -2.20. The van der Waals surface area contributed by atoms with E-state index in [4.69, 9.17) is 4.52 Å². The lowest BCUT2D eigenvalue weighted by Crippen LogP contribution is -2.34. The summed E-state index contributed by atoms with van der Waals surface area (Å²) in [6.45, 7) is 2.54. The van der Waals surface area contributed by atoms with Crippen molar-refractivity contribution in [1.29, 1.82) is 0 Å². The number of carbonyl (C=O) groups is 1. The van der Waals surface area contributed by atoms with E-state index in [-0.39, 0.29) is 17.6 Å². The highest BCUT2D eigenvalue weighted by Crippen LogP contribution is 2.21. The molecule has 2 heterocycles. The van der Waals surface area contributed by atoms with E-state index < -0.39 is 0 Å². The van der Waals surface area contributed by atoms with Crippen LogP contribution in [0, 0.1) is 11.7 Å². The monoisotopic (exact) mass is 359 g/mol. The van der Waals surface area contributed by atoms with Crippen LogP contribution in [0.4, 0.5) is 4.39 Å². The van der Waals surface area contributed by atoms with Gasteiger partial charge in [0.2, 0.25) is 5.91 Å². The van der Waals surface area contributed by atoms with Crippen LogP contribution in [0.1, 0.15) is 31.4 Å². The largest absolute Gasteiger partial charge is 0.361 e. The van der Waals surface area contributed by atoms with Crippen LogP contribution in [0.5, 0.6) is 0 Å². The van der Waals surface area contributed by atoms with Crippen molar-refractivity contribution in [3.8, 4) is 11.3 Å². The molecule has 0 spiro atoms. The Hall–Kier alpha value is -2.21. The van der Waals surface area contributed by atoms with Crippen molar-refractivity contribution in [2.45, 2.75) is 32.1 Å². The van der Waals surface area contributed by atoms with Gasteiger partial charge in [-0.05, 0) is 37.9 Å². The molecule has 5 nitrogen and oxygen atoms in total. The number of hydrogen-bond acceptors (Lipinski definition) is 4. The molecule has 0 bridgehead atoms. The Morgan fingerprint density at radius 1 is 1.35 bits per heavy atom. The van der Waals surface area contributed by atoms with Gasteiger partial charge >= 0.3 is 0 Å². The first-order chi connectivity index (χ1) is 12.6. The Kier molecular flexibility index (Phi) is 6.39. The van der Waals surface area contributed by atoms with Gasteiger partial charge in [-0.2, -0.15) is 0 Å². The maximum atomic E-state index is 13.3. The van der Waals surface area contributed by atoms with E-state index in [9.17, 15) is 9.18 Å². The van der Waals surface area contributed by atoms with Crippen LogP contribution in [-0.2, 0) is 11.2 Å². The SMILES string of the molecule is CN(CCCCCc1cc(-c2cccc(F)c2)no1)C(=O)C1CCNC1. The zero-order valence-corrected chi connectivity index (χ0v) is 15.2. The van der Waals surface area contributed by atoms with Gasteiger partial charge < -0.3 is 14.7 Å². The predicted molar refractivity (Wildman–Crippen MR) is 98.1 cm³/mol. The molecular weight excluding hydrogens is 333 g/mol. The van der Waals surface area contributed by atoms with Crippen LogP contribution in [0.25, 0.3) is 11.3 Å². The van der Waals surface area contributed by atoms with Crippen molar-refractivity contribution in [2.24, 2.45) is 5.92 Å². The van der Waals surface area contributed by atoms with E-state index >= 15 is 0 Å². The maximum absolute atomic E-state index is 13.3. The van der Waals surface area contributed by atoms with Gasteiger partial charge in [0.1, 0.15) is 17.3 Å². The summed E-state index contributed by atoms with van der Waals surface area (Å²) >= 11 is 0. The molecule has 1 saturated heterocycles. The number of carbonyl (C=O) groups excluding carboxylic acids is 1. The molecule has 1 fully saturated rings. The molecule has 6 heteroatoms. The molecule has 1 atom stereocenters. The summed E-state index contributed by atoms with van der Waals surface area (Å²) in [5, 5.41) is 7.26. The fourth-order valence-corrected chi connectivity index (χ4v) is 3.33. The molecule has 1 unspecified atom stereocenters. The summed E-state index contributed by atoms with van der Waals surface area (Å²) in [5.41, 5.74) is 1.39. The van der Waals surface area contributed by atoms with Crippen molar-refractivity contribution in [1.82, 2.24) is 15.4 Å². The molecule has 1 aliphatic rings. The van der Waals surface area contributed by atoms with Crippen LogP contribution < -0.4 is 5.32 Å². The summed E-state index contributed by atoms with van der Waals surface area (Å²) in [6, 6.07) is 8.22. The Morgan fingerprint density at radius 3 is 3.00 bits per heavy atom. The van der Waals surface area contributed by atoms with Gasteiger partial charge in [0.25, 0.3) is 0 Å². The first-order valence-electron chi connectivity index (χ1n) is 9.31. The van der Waals surface area contributed by atoms with E-state index in [1.807, 2.05) is 24.1 Å². The minimum atomic E-state index is -0.279. The summed E-state index contributed by atoms with van der Waals surface area (Å²) in [5.74, 6) is 0.935. The fraction of sp³-hybridized carbons (Fsp3) is 0.500. The molecule has 1 aromatic heterocycles. The third kappa shape index (κ3) is 4.91. The number of rotatable bonds is 8. The molecule has 2 aromatic rings. The average Bonchev–Trinajstić information content (AvgIpc) is 3.32. The third-order valence-corrected chi connectivity index (χ3v) is 4.88. The van der Waals surface area contributed by atoms with Crippen LogP contribution in [0.3, 0.4) is 0 Å². The molecule has 0 radical (unpaired) electrons. The Bertz CT molecular complexity index is 725. The standard InChI is InChI=1S/C20H26FN3O2/c1-24(20(25)16-9-10-22-14-16)11-4-2-3-8-18-13-19(23-26-18)15-6-5-7-17(21)12-15/h5-7,12-13,16,22H,2-4,8-11,14H2,1H3. The molecule has 1 aromatic carbocycles. The summed E-state index contributed by atoms with van der Waals surface area (Å²) < 4.78 is 18.6. The van der Waals surface area contributed by atoms with E-state index in [0.717, 1.165) is 63.1 Å². The van der Waals surface area contributed by atoms with Gasteiger partial charge in [-0.25, -0.2) is 4.39 Å². The van der Waals surface area contributed by atoms with Gasteiger partial charge in [-0.1, -0.05) is 23.7 Å². The van der Waals surface area contributed by atoms with Gasteiger partial charge in [0.05, 0.1) is 5.92 Å². The summed E-state index contributed by atoms with van der Waals surface area (Å²) in [4.78, 5) is 14.1. The lowest BCUT2D eigenvalue weighted by molar-refractivity contribution is -0.133. The summed E-state index contributed by atoms with van der Waals surface area (Å²) in [7, 11) is 1.89. The topological polar surface area (TPSA) is 58.4 Å². The second kappa shape index (κ2) is 8.94. The molecule has 140 valence electrons. The first kappa shape index (κ1) is 18.6. The summed E-state index contributed by atoms with van der Waals surface area (Å²) in [6.07, 6.45) is 4.73. The zero-order valence-electron chi connectivity index (χ0n) is 15.2. The molecular formula is C20H26FN3O2. The average molecular weight is 359 g/mol. The highest BCUT2D eigenvalue weighted by molar-refractivity contribution is 5.79. The number of aromatic nitrogens is 1. The molecule has 1 aliphatic heterocycles. The molecule has 0 saturated carbocycles. The number of aryl methyl sites for hydroxylation is 1. The van der Waals surface area contributed by atoms with E-state index in [1.54, 1.807) is 6.07 Å². The Labute approximate surface area is 153 Å². The second-order valence-corrected chi connectivity index (χ2v) is 6.95. The van der Waals surface area contributed by atoms with E-state index in [2.05, 4.69) is 10.5 Å². The smallest absolute Gasteiger partial charge is 0.226 e. The van der Waals surface area contributed by atoms with Gasteiger partial charge in [-0.3, -0.25) is 4.79 Å². The van der Waals surface area contributed by atoms with Crippen LogP contribution in [0.2, 0.25) is 0 Å². The number of benzene rings is 1.